The third-order valence-electron chi connectivity index (χ3n) is 1.82. The van der Waals surface area contributed by atoms with Gasteiger partial charge in [0.2, 0.25) is 0 Å². The van der Waals surface area contributed by atoms with Gasteiger partial charge in [0.05, 0.1) is 5.56 Å². The Kier molecular flexibility index (Phi) is 2.56. The number of hydrogen-bond donors (Lipinski definition) is 0. The van der Waals surface area contributed by atoms with Crippen LogP contribution in [-0.4, -0.2) is 6.29 Å². The van der Waals surface area contributed by atoms with Crippen LogP contribution in [0.5, 0.6) is 0 Å². The van der Waals surface area contributed by atoms with Crippen molar-refractivity contribution >= 4 is 12.4 Å². The summed E-state index contributed by atoms with van der Waals surface area (Å²) in [6.45, 7) is 4.93. The van der Waals surface area contributed by atoms with Gasteiger partial charge in [-0.2, -0.15) is 0 Å². The molecular formula is C10H8F2O. The average Bonchev–Trinajstić information content (AvgIpc) is 2.04. The van der Waals surface area contributed by atoms with Gasteiger partial charge >= 0.3 is 0 Å². The van der Waals surface area contributed by atoms with Gasteiger partial charge in [0, 0.05) is 5.56 Å². The van der Waals surface area contributed by atoms with E-state index in [4.69, 9.17) is 0 Å². The fourth-order valence-electron chi connectivity index (χ4n) is 1.13. The fraction of sp³-hybridized carbons (Fsp3) is 0.100. The van der Waals surface area contributed by atoms with Gasteiger partial charge < -0.3 is 0 Å². The second-order valence-corrected chi connectivity index (χ2v) is 2.64. The molecule has 0 N–H and O–H groups in total. The van der Waals surface area contributed by atoms with Crippen LogP contribution in [0.3, 0.4) is 0 Å². The maximum atomic E-state index is 13.3. The third-order valence-corrected chi connectivity index (χ3v) is 1.82. The molecule has 0 heterocycles. The molecule has 0 amide bonds. The molecule has 0 saturated carbocycles. The van der Waals surface area contributed by atoms with Crippen LogP contribution in [0.2, 0.25) is 0 Å². The van der Waals surface area contributed by atoms with Crippen molar-refractivity contribution in [1.29, 1.82) is 0 Å². The average molecular weight is 182 g/mol. The first kappa shape index (κ1) is 9.58. The van der Waals surface area contributed by atoms with E-state index in [1.54, 1.807) is 6.92 Å². The van der Waals surface area contributed by atoms with Crippen LogP contribution >= 0.6 is 0 Å². The number of carbonyl (C=O) groups excluding carboxylic acids is 1. The minimum atomic E-state index is -0.845. The maximum Gasteiger partial charge on any atom is 0.155 e. The lowest BCUT2D eigenvalue weighted by molar-refractivity contribution is 0.111. The van der Waals surface area contributed by atoms with E-state index in [1.165, 1.54) is 6.08 Å². The number of benzene rings is 1. The van der Waals surface area contributed by atoms with Gasteiger partial charge in [-0.1, -0.05) is 12.7 Å². The van der Waals surface area contributed by atoms with E-state index in [1.807, 2.05) is 0 Å². The second-order valence-electron chi connectivity index (χ2n) is 2.64. The summed E-state index contributed by atoms with van der Waals surface area (Å²) in [7, 11) is 0. The Hall–Kier alpha value is -1.51. The highest BCUT2D eigenvalue weighted by Gasteiger charge is 2.13. The Morgan fingerprint density at radius 1 is 1.38 bits per heavy atom. The molecule has 0 aliphatic heterocycles. The number of carbonyl (C=O) groups is 1. The smallest absolute Gasteiger partial charge is 0.155 e. The SMILES string of the molecule is C=Cc1c(C)cc(F)c(C=O)c1F. The van der Waals surface area contributed by atoms with Crippen LogP contribution in [0.25, 0.3) is 6.08 Å². The van der Waals surface area contributed by atoms with Crippen molar-refractivity contribution in [3.05, 3.63) is 41.0 Å². The zero-order valence-corrected chi connectivity index (χ0v) is 7.10. The second kappa shape index (κ2) is 3.47. The highest BCUT2D eigenvalue weighted by atomic mass is 19.1. The van der Waals surface area contributed by atoms with Crippen molar-refractivity contribution in [3.63, 3.8) is 0 Å². The van der Waals surface area contributed by atoms with Crippen LogP contribution < -0.4 is 0 Å². The summed E-state index contributed by atoms with van der Waals surface area (Å²) in [6.07, 6.45) is 1.42. The van der Waals surface area contributed by atoms with Crippen LogP contribution in [0.15, 0.2) is 12.6 Å². The van der Waals surface area contributed by atoms with Crippen LogP contribution in [0, 0.1) is 18.6 Å². The van der Waals surface area contributed by atoms with Crippen LogP contribution in [-0.2, 0) is 0 Å². The van der Waals surface area contributed by atoms with Crippen molar-refractivity contribution in [1.82, 2.24) is 0 Å². The van der Waals surface area contributed by atoms with E-state index in [0.29, 0.717) is 5.56 Å². The van der Waals surface area contributed by atoms with Crippen LogP contribution in [0.4, 0.5) is 8.78 Å². The predicted molar refractivity (Wildman–Crippen MR) is 46.6 cm³/mol. The van der Waals surface area contributed by atoms with Gasteiger partial charge in [-0.25, -0.2) is 8.78 Å². The van der Waals surface area contributed by atoms with Crippen LogP contribution in [0.1, 0.15) is 21.5 Å². The van der Waals surface area contributed by atoms with Gasteiger partial charge in [0.1, 0.15) is 11.6 Å². The minimum Gasteiger partial charge on any atom is -0.298 e. The lowest BCUT2D eigenvalue weighted by atomic mass is 10.0. The lowest BCUT2D eigenvalue weighted by Crippen LogP contribution is -1.99. The largest absolute Gasteiger partial charge is 0.298 e. The van der Waals surface area contributed by atoms with Crippen molar-refractivity contribution in [2.24, 2.45) is 0 Å². The van der Waals surface area contributed by atoms with Crippen molar-refractivity contribution in [2.75, 3.05) is 0 Å². The Balaban J connectivity index is 3.56. The number of halogens is 2. The summed E-state index contributed by atoms with van der Waals surface area (Å²) in [5.74, 6) is -1.68. The summed E-state index contributed by atoms with van der Waals surface area (Å²) >= 11 is 0. The van der Waals surface area contributed by atoms with Gasteiger partial charge in [0.15, 0.2) is 6.29 Å². The van der Waals surface area contributed by atoms with E-state index < -0.39 is 17.2 Å². The third kappa shape index (κ3) is 1.49. The van der Waals surface area contributed by atoms with Gasteiger partial charge in [-0.15, -0.1) is 0 Å². The predicted octanol–water partition coefficient (Wildman–Crippen LogP) is 2.73. The first-order valence-electron chi connectivity index (χ1n) is 3.68. The Bertz CT molecular complexity index is 337. The van der Waals surface area contributed by atoms with E-state index in [0.717, 1.165) is 6.07 Å². The summed E-state index contributed by atoms with van der Waals surface area (Å²) in [5, 5.41) is 0. The standard InChI is InChI=1S/C10H8F2O/c1-3-7-6(2)4-9(11)8(5-13)10(7)12/h3-5H,1H2,2H3. The summed E-state index contributed by atoms with van der Waals surface area (Å²) in [4.78, 5) is 10.3. The molecular weight excluding hydrogens is 174 g/mol. The molecule has 0 bridgehead atoms. The molecule has 0 unspecified atom stereocenters. The van der Waals surface area contributed by atoms with Gasteiger partial charge in [0.25, 0.3) is 0 Å². The van der Waals surface area contributed by atoms with Crippen molar-refractivity contribution in [2.45, 2.75) is 6.92 Å². The Morgan fingerprint density at radius 2 is 2.00 bits per heavy atom. The van der Waals surface area contributed by atoms with E-state index >= 15 is 0 Å². The summed E-state index contributed by atoms with van der Waals surface area (Å²) in [6, 6.07) is 1.11. The molecule has 3 heteroatoms. The highest BCUT2D eigenvalue weighted by molar-refractivity contribution is 5.78. The molecule has 0 atom stereocenters. The molecule has 0 radical (unpaired) electrons. The molecule has 1 rings (SSSR count). The zero-order valence-electron chi connectivity index (χ0n) is 7.10. The molecule has 0 aliphatic rings. The molecule has 0 aliphatic carbocycles. The van der Waals surface area contributed by atoms with E-state index in [2.05, 4.69) is 6.58 Å². The van der Waals surface area contributed by atoms with E-state index in [-0.39, 0.29) is 11.8 Å². The topological polar surface area (TPSA) is 17.1 Å². The first-order chi connectivity index (χ1) is 6.11. The maximum absolute atomic E-state index is 13.3. The monoisotopic (exact) mass is 182 g/mol. The number of aryl methyl sites for hydroxylation is 1. The first-order valence-corrected chi connectivity index (χ1v) is 3.68. The summed E-state index contributed by atoms with van der Waals surface area (Å²) < 4.78 is 26.2. The molecule has 1 nitrogen and oxygen atoms in total. The highest BCUT2D eigenvalue weighted by Crippen LogP contribution is 2.20. The Morgan fingerprint density at radius 3 is 2.46 bits per heavy atom. The minimum absolute atomic E-state index is 0.164. The molecule has 0 fully saturated rings. The summed E-state index contributed by atoms with van der Waals surface area (Å²) in [5.41, 5.74) is 0.0552. The fourth-order valence-corrected chi connectivity index (χ4v) is 1.13. The lowest BCUT2D eigenvalue weighted by Gasteiger charge is -2.05. The number of aldehydes is 1. The molecule has 13 heavy (non-hydrogen) atoms. The number of hydrogen-bond acceptors (Lipinski definition) is 1. The van der Waals surface area contributed by atoms with E-state index in [9.17, 15) is 13.6 Å². The van der Waals surface area contributed by atoms with Gasteiger partial charge in [-0.3, -0.25) is 4.79 Å². The number of rotatable bonds is 2. The molecule has 1 aromatic rings. The zero-order chi connectivity index (χ0) is 10.0. The molecule has 0 aromatic heterocycles. The van der Waals surface area contributed by atoms with Gasteiger partial charge in [-0.05, 0) is 18.6 Å². The van der Waals surface area contributed by atoms with Crippen molar-refractivity contribution in [3.8, 4) is 0 Å². The normalized spacial score (nSPS) is 9.77. The quantitative estimate of drug-likeness (QED) is 0.642. The molecule has 0 saturated heterocycles. The molecule has 0 spiro atoms. The molecule has 68 valence electrons. The Labute approximate surface area is 74.7 Å². The van der Waals surface area contributed by atoms with Crippen molar-refractivity contribution < 1.29 is 13.6 Å². The molecule has 1 aromatic carbocycles.